The molecule has 2 aromatic rings. The molecule has 0 atom stereocenters. The van der Waals surface area contributed by atoms with Crippen LogP contribution in [0.1, 0.15) is 49.3 Å². The Morgan fingerprint density at radius 3 is 2.63 bits per heavy atom. The number of hydrogen-bond acceptors (Lipinski definition) is 4. The van der Waals surface area contributed by atoms with E-state index in [9.17, 15) is 0 Å². The number of nitrogens with two attached hydrogens (primary N) is 1. The van der Waals surface area contributed by atoms with E-state index in [1.165, 1.54) is 36.6 Å². The Balaban J connectivity index is 1.81. The smallest absolute Gasteiger partial charge is 0.180 e. The second kappa shape index (κ2) is 13.1. The van der Waals surface area contributed by atoms with Gasteiger partial charge in [-0.25, -0.2) is 0 Å². The average Bonchev–Trinajstić information content (AvgIpc) is 2.71. The lowest BCUT2D eigenvalue weighted by atomic mass is 10.1. The molecule has 4 nitrogen and oxygen atoms in total. The van der Waals surface area contributed by atoms with E-state index in [0.29, 0.717) is 11.8 Å². The minimum atomic E-state index is 0.458. The summed E-state index contributed by atoms with van der Waals surface area (Å²) in [5.74, 6) is 0.786. The molecule has 0 amide bonds. The molecule has 0 saturated carbocycles. The van der Waals surface area contributed by atoms with E-state index in [1.54, 1.807) is 6.21 Å². The number of thioether (sulfide) groups is 1. The molecule has 0 spiro atoms. The second-order valence-corrected chi connectivity index (χ2v) is 7.26. The van der Waals surface area contributed by atoms with Gasteiger partial charge in [0.15, 0.2) is 5.17 Å². The largest absolute Gasteiger partial charge is 0.377 e. The lowest BCUT2D eigenvalue weighted by Crippen LogP contribution is -2.06. The highest BCUT2D eigenvalue weighted by Gasteiger charge is 2.00. The number of benzene rings is 2. The topological polar surface area (TPSA) is 60.0 Å². The van der Waals surface area contributed by atoms with Gasteiger partial charge < -0.3 is 10.5 Å². The highest BCUT2D eigenvalue weighted by Crippen LogP contribution is 2.12. The van der Waals surface area contributed by atoms with Crippen LogP contribution in [0.5, 0.6) is 0 Å². The van der Waals surface area contributed by atoms with Crippen molar-refractivity contribution in [1.82, 2.24) is 0 Å². The standard InChI is InChI=1S/C22H29N3OS/c1-2-3-4-10-15-26-17-21-14-9-8-13-20(21)16-24-25-22(23)27-18-19-11-6-5-7-12-19/h5-9,11-14,16H,2-4,10,15,17-18H2,1H3,(H2,23,25). The van der Waals surface area contributed by atoms with Crippen molar-refractivity contribution >= 4 is 23.1 Å². The number of hydrogen-bond donors (Lipinski definition) is 1. The van der Waals surface area contributed by atoms with Gasteiger partial charge in [0.2, 0.25) is 0 Å². The van der Waals surface area contributed by atoms with Crippen LogP contribution in [0.4, 0.5) is 0 Å². The zero-order valence-corrected chi connectivity index (χ0v) is 16.8. The van der Waals surface area contributed by atoms with Gasteiger partial charge >= 0.3 is 0 Å². The van der Waals surface area contributed by atoms with E-state index < -0.39 is 0 Å². The molecule has 0 fully saturated rings. The number of ether oxygens (including phenoxy) is 1. The molecule has 0 bridgehead atoms. The fourth-order valence-corrected chi connectivity index (χ4v) is 3.12. The van der Waals surface area contributed by atoms with E-state index in [-0.39, 0.29) is 0 Å². The van der Waals surface area contributed by atoms with E-state index >= 15 is 0 Å². The lowest BCUT2D eigenvalue weighted by molar-refractivity contribution is 0.116. The molecule has 0 unspecified atom stereocenters. The van der Waals surface area contributed by atoms with Gasteiger partial charge in [0, 0.05) is 17.9 Å². The summed E-state index contributed by atoms with van der Waals surface area (Å²) in [6.45, 7) is 3.61. The molecule has 0 heterocycles. The third kappa shape index (κ3) is 8.89. The Morgan fingerprint density at radius 1 is 1.04 bits per heavy atom. The summed E-state index contributed by atoms with van der Waals surface area (Å²) in [5, 5.41) is 8.69. The molecule has 0 aliphatic rings. The molecule has 0 radical (unpaired) electrons. The van der Waals surface area contributed by atoms with Crippen molar-refractivity contribution in [2.75, 3.05) is 6.61 Å². The van der Waals surface area contributed by atoms with Gasteiger partial charge in [-0.3, -0.25) is 0 Å². The van der Waals surface area contributed by atoms with Crippen molar-refractivity contribution < 1.29 is 4.74 Å². The Hall–Kier alpha value is -2.11. The first kappa shape index (κ1) is 21.2. The summed E-state index contributed by atoms with van der Waals surface area (Å²) >= 11 is 1.48. The highest BCUT2D eigenvalue weighted by atomic mass is 32.2. The van der Waals surface area contributed by atoms with E-state index in [2.05, 4.69) is 35.3 Å². The summed E-state index contributed by atoms with van der Waals surface area (Å²) in [7, 11) is 0. The zero-order chi connectivity index (χ0) is 19.2. The molecule has 0 aliphatic heterocycles. The van der Waals surface area contributed by atoms with Crippen molar-refractivity contribution in [3.63, 3.8) is 0 Å². The van der Waals surface area contributed by atoms with Crippen LogP contribution >= 0.6 is 11.8 Å². The van der Waals surface area contributed by atoms with Crippen molar-refractivity contribution in [2.24, 2.45) is 15.9 Å². The van der Waals surface area contributed by atoms with Crippen LogP contribution in [0.3, 0.4) is 0 Å². The minimum absolute atomic E-state index is 0.458. The first-order valence-electron chi connectivity index (χ1n) is 9.48. The van der Waals surface area contributed by atoms with E-state index in [4.69, 9.17) is 10.5 Å². The number of unbranched alkanes of at least 4 members (excludes halogenated alkanes) is 3. The molecule has 2 N–H and O–H groups in total. The molecular formula is C22H29N3OS. The summed E-state index contributed by atoms with van der Waals surface area (Å²) in [6, 6.07) is 18.3. The van der Waals surface area contributed by atoms with Gasteiger partial charge in [0.1, 0.15) is 0 Å². The fourth-order valence-electron chi connectivity index (χ4n) is 2.51. The maximum absolute atomic E-state index is 5.94. The predicted octanol–water partition coefficient (Wildman–Crippen LogP) is 5.37. The Kier molecular flexibility index (Phi) is 10.3. The minimum Gasteiger partial charge on any atom is -0.377 e. The molecule has 2 rings (SSSR count). The van der Waals surface area contributed by atoms with Crippen molar-refractivity contribution in [3.8, 4) is 0 Å². The average molecular weight is 384 g/mol. The monoisotopic (exact) mass is 383 g/mol. The number of amidine groups is 1. The first-order chi connectivity index (χ1) is 13.3. The molecule has 0 aliphatic carbocycles. The summed E-state index contributed by atoms with van der Waals surface area (Å²) < 4.78 is 5.80. The van der Waals surface area contributed by atoms with E-state index in [0.717, 1.165) is 29.9 Å². The van der Waals surface area contributed by atoms with Gasteiger partial charge in [0.05, 0.1) is 12.8 Å². The third-order valence-electron chi connectivity index (χ3n) is 4.04. The van der Waals surface area contributed by atoms with Crippen LogP contribution in [0, 0.1) is 0 Å². The molecule has 2 aromatic carbocycles. The van der Waals surface area contributed by atoms with Crippen LogP contribution < -0.4 is 5.73 Å². The van der Waals surface area contributed by atoms with E-state index in [1.807, 2.05) is 36.4 Å². The van der Waals surface area contributed by atoms with Crippen LogP contribution in [0.15, 0.2) is 64.8 Å². The summed E-state index contributed by atoms with van der Waals surface area (Å²) in [4.78, 5) is 0. The molecule has 5 heteroatoms. The van der Waals surface area contributed by atoms with Crippen LogP contribution in [-0.4, -0.2) is 18.0 Å². The molecule has 27 heavy (non-hydrogen) atoms. The quantitative estimate of drug-likeness (QED) is 0.246. The normalized spacial score (nSPS) is 12.0. The zero-order valence-electron chi connectivity index (χ0n) is 16.0. The Labute approximate surface area is 166 Å². The Morgan fingerprint density at radius 2 is 1.81 bits per heavy atom. The van der Waals surface area contributed by atoms with Gasteiger partial charge in [-0.15, -0.1) is 5.10 Å². The van der Waals surface area contributed by atoms with Crippen LogP contribution in [0.25, 0.3) is 0 Å². The molecule has 144 valence electrons. The number of rotatable bonds is 11. The van der Waals surface area contributed by atoms with Gasteiger partial charge in [-0.05, 0) is 17.5 Å². The third-order valence-corrected chi connectivity index (χ3v) is 4.89. The predicted molar refractivity (Wildman–Crippen MR) is 117 cm³/mol. The SMILES string of the molecule is CCCCCCOCc1ccccc1C=NN=C(N)SCc1ccccc1. The molecule has 0 saturated heterocycles. The van der Waals surface area contributed by atoms with Crippen molar-refractivity contribution in [1.29, 1.82) is 0 Å². The highest BCUT2D eigenvalue weighted by molar-refractivity contribution is 8.13. The lowest BCUT2D eigenvalue weighted by Gasteiger charge is -2.07. The summed E-state index contributed by atoms with van der Waals surface area (Å²) in [5.41, 5.74) is 9.27. The van der Waals surface area contributed by atoms with Crippen LogP contribution in [0.2, 0.25) is 0 Å². The molecule has 0 aromatic heterocycles. The van der Waals surface area contributed by atoms with Crippen LogP contribution in [-0.2, 0) is 17.1 Å². The number of nitrogens with zero attached hydrogens (tertiary/aromatic N) is 2. The second-order valence-electron chi connectivity index (χ2n) is 6.27. The fraction of sp³-hybridized carbons (Fsp3) is 0.364. The Bertz CT molecular complexity index is 717. The summed E-state index contributed by atoms with van der Waals surface area (Å²) in [6.07, 6.45) is 6.60. The van der Waals surface area contributed by atoms with Crippen molar-refractivity contribution in [2.45, 2.75) is 45.0 Å². The van der Waals surface area contributed by atoms with Crippen molar-refractivity contribution in [3.05, 3.63) is 71.3 Å². The maximum Gasteiger partial charge on any atom is 0.180 e. The van der Waals surface area contributed by atoms with Gasteiger partial charge in [0.25, 0.3) is 0 Å². The molecular weight excluding hydrogens is 354 g/mol. The van der Waals surface area contributed by atoms with Gasteiger partial charge in [-0.2, -0.15) is 5.10 Å². The first-order valence-corrected chi connectivity index (χ1v) is 10.5. The van der Waals surface area contributed by atoms with Gasteiger partial charge in [-0.1, -0.05) is 92.5 Å². The maximum atomic E-state index is 5.94.